The summed E-state index contributed by atoms with van der Waals surface area (Å²) in [6.07, 6.45) is 0.395. The number of rotatable bonds is 7. The molecule has 22 heavy (non-hydrogen) atoms. The van der Waals surface area contributed by atoms with Crippen molar-refractivity contribution in [1.82, 2.24) is 0 Å². The Labute approximate surface area is 131 Å². The molecular formula is C17H17O4P. The number of hydrogen-bond acceptors (Lipinski definition) is 4. The topological polar surface area (TPSA) is 52.6 Å². The van der Waals surface area contributed by atoms with Gasteiger partial charge in [-0.1, -0.05) is 36.4 Å². The predicted octanol–water partition coefficient (Wildman–Crippen LogP) is 3.79. The fraction of sp³-hybridized carbons (Fsp3) is 0.235. The van der Waals surface area contributed by atoms with Gasteiger partial charge in [-0.2, -0.15) is 0 Å². The summed E-state index contributed by atoms with van der Waals surface area (Å²) in [5.41, 5.74) is 0.613. The van der Waals surface area contributed by atoms with E-state index in [9.17, 15) is 9.36 Å². The van der Waals surface area contributed by atoms with Gasteiger partial charge in [-0.15, -0.1) is 0 Å². The molecule has 0 heterocycles. The summed E-state index contributed by atoms with van der Waals surface area (Å²) < 4.78 is 22.0. The molecule has 2 aromatic rings. The van der Waals surface area contributed by atoms with Gasteiger partial charge in [0.15, 0.2) is 14.2 Å². The maximum atomic E-state index is 12.8. The van der Waals surface area contributed by atoms with E-state index in [1.165, 1.54) is 14.2 Å². The highest BCUT2D eigenvalue weighted by atomic mass is 31.1. The number of carbonyl (C=O) groups is 1. The van der Waals surface area contributed by atoms with Crippen LogP contribution in [0.3, 0.4) is 0 Å². The highest BCUT2D eigenvalue weighted by molar-refractivity contribution is 7.26. The van der Waals surface area contributed by atoms with Crippen LogP contribution in [0, 0.1) is 0 Å². The Morgan fingerprint density at radius 2 is 1.59 bits per heavy atom. The Morgan fingerprint density at radius 3 is 2.09 bits per heavy atom. The zero-order valence-electron chi connectivity index (χ0n) is 12.5. The van der Waals surface area contributed by atoms with Gasteiger partial charge < -0.3 is 9.47 Å². The molecule has 0 saturated carbocycles. The molecule has 2 rings (SSSR count). The fourth-order valence-corrected chi connectivity index (χ4v) is 2.79. The average molecular weight is 316 g/mol. The molecule has 1 atom stereocenters. The standard InChI is InChI=1S/C17H17O4P/c1-20-13-9-6-10-14(21-2)16(13)17(18)15(22-19)11-12-7-4-3-5-8-12/h3-10,15H,11H2,1-2H3. The largest absolute Gasteiger partial charge is 0.496 e. The van der Waals surface area contributed by atoms with Crippen LogP contribution in [0.15, 0.2) is 48.5 Å². The summed E-state index contributed by atoms with van der Waals surface area (Å²) in [5, 5.41) is 0. The smallest absolute Gasteiger partial charge is 0.185 e. The van der Waals surface area contributed by atoms with Crippen molar-refractivity contribution in [3.63, 3.8) is 0 Å². The number of Topliss-reactive ketones (excluding diaryl/α,β-unsaturated/α-hetero) is 1. The lowest BCUT2D eigenvalue weighted by Gasteiger charge is -2.15. The summed E-state index contributed by atoms with van der Waals surface area (Å²) in [4.78, 5) is 12.8. The first-order valence-electron chi connectivity index (χ1n) is 6.82. The first-order chi connectivity index (χ1) is 10.7. The quantitative estimate of drug-likeness (QED) is 0.576. The van der Waals surface area contributed by atoms with E-state index >= 15 is 0 Å². The third-order valence-corrected chi connectivity index (χ3v) is 4.05. The van der Waals surface area contributed by atoms with Gasteiger partial charge in [0.25, 0.3) is 0 Å². The van der Waals surface area contributed by atoms with E-state index in [0.717, 1.165) is 5.56 Å². The van der Waals surface area contributed by atoms with E-state index in [0.29, 0.717) is 23.5 Å². The normalized spacial score (nSPS) is 11.9. The second-order valence-corrected chi connectivity index (χ2v) is 5.55. The molecular weight excluding hydrogens is 299 g/mol. The monoisotopic (exact) mass is 316 g/mol. The number of carbonyl (C=O) groups excluding carboxylic acids is 1. The highest BCUT2D eigenvalue weighted by Crippen LogP contribution is 2.32. The zero-order chi connectivity index (χ0) is 15.9. The maximum absolute atomic E-state index is 12.8. The van der Waals surface area contributed by atoms with Crippen LogP contribution in [0.5, 0.6) is 11.5 Å². The van der Waals surface area contributed by atoms with Crippen molar-refractivity contribution in [2.24, 2.45) is 0 Å². The third-order valence-electron chi connectivity index (χ3n) is 3.38. The van der Waals surface area contributed by atoms with Crippen molar-refractivity contribution in [1.29, 1.82) is 0 Å². The average Bonchev–Trinajstić information content (AvgIpc) is 2.59. The number of ether oxygens (including phenoxy) is 2. The van der Waals surface area contributed by atoms with Crippen LogP contribution in [-0.2, 0) is 11.0 Å². The fourth-order valence-electron chi connectivity index (χ4n) is 2.28. The van der Waals surface area contributed by atoms with E-state index in [1.54, 1.807) is 18.2 Å². The molecule has 0 radical (unpaired) electrons. The summed E-state index contributed by atoms with van der Waals surface area (Å²) in [7, 11) is 2.77. The lowest BCUT2D eigenvalue weighted by atomic mass is 10.0. The van der Waals surface area contributed by atoms with Gasteiger partial charge in [-0.3, -0.25) is 9.36 Å². The van der Waals surface area contributed by atoms with E-state index in [1.807, 2.05) is 30.3 Å². The molecule has 0 aliphatic rings. The van der Waals surface area contributed by atoms with Gasteiger partial charge in [-0.05, 0) is 24.1 Å². The van der Waals surface area contributed by atoms with Crippen molar-refractivity contribution >= 4 is 14.2 Å². The Balaban J connectivity index is 2.35. The Kier molecular flexibility index (Phi) is 5.68. The van der Waals surface area contributed by atoms with Crippen LogP contribution in [0.1, 0.15) is 15.9 Å². The molecule has 0 aliphatic heterocycles. The number of hydrogen-bond donors (Lipinski definition) is 0. The van der Waals surface area contributed by atoms with Crippen LogP contribution < -0.4 is 9.47 Å². The molecule has 5 heteroatoms. The van der Waals surface area contributed by atoms with E-state index in [4.69, 9.17) is 9.47 Å². The molecule has 1 unspecified atom stereocenters. The number of methoxy groups -OCH3 is 2. The molecule has 0 spiro atoms. The SMILES string of the molecule is COc1cccc(OC)c1C(=O)C(Cc1ccccc1)P=O. The molecule has 0 N–H and O–H groups in total. The molecule has 114 valence electrons. The van der Waals surface area contributed by atoms with Crippen LogP contribution in [0.4, 0.5) is 0 Å². The Morgan fingerprint density at radius 1 is 1.00 bits per heavy atom. The van der Waals surface area contributed by atoms with Crippen molar-refractivity contribution in [2.45, 2.75) is 12.1 Å². The van der Waals surface area contributed by atoms with Crippen molar-refractivity contribution < 1.29 is 18.8 Å². The number of ketones is 1. The van der Waals surface area contributed by atoms with Crippen molar-refractivity contribution in [2.75, 3.05) is 14.2 Å². The molecule has 0 fully saturated rings. The molecule has 0 aliphatic carbocycles. The minimum absolute atomic E-state index is 0.220. The molecule has 4 nitrogen and oxygen atoms in total. The van der Waals surface area contributed by atoms with Crippen LogP contribution in [0.2, 0.25) is 0 Å². The Bertz CT molecular complexity index is 633. The van der Waals surface area contributed by atoms with Gasteiger partial charge in [0.05, 0.1) is 14.2 Å². The molecule has 0 saturated heterocycles. The maximum Gasteiger partial charge on any atom is 0.185 e. The molecule has 0 amide bonds. The van der Waals surface area contributed by atoms with E-state index < -0.39 is 5.66 Å². The second kappa shape index (κ2) is 7.71. The van der Waals surface area contributed by atoms with Gasteiger partial charge in [0.1, 0.15) is 22.7 Å². The van der Waals surface area contributed by atoms with Gasteiger partial charge in [0.2, 0.25) is 0 Å². The van der Waals surface area contributed by atoms with Gasteiger partial charge in [0, 0.05) is 0 Å². The summed E-state index contributed by atoms with van der Waals surface area (Å²) in [6.45, 7) is 0. The van der Waals surface area contributed by atoms with Gasteiger partial charge >= 0.3 is 0 Å². The summed E-state index contributed by atoms with van der Waals surface area (Å²) in [6, 6.07) is 14.6. The minimum Gasteiger partial charge on any atom is -0.496 e. The first kappa shape index (κ1) is 16.2. The second-order valence-electron chi connectivity index (χ2n) is 4.71. The highest BCUT2D eigenvalue weighted by Gasteiger charge is 2.27. The molecule has 2 aromatic carbocycles. The Hall–Kier alpha value is -2.19. The van der Waals surface area contributed by atoms with Crippen LogP contribution in [-0.4, -0.2) is 25.7 Å². The lowest BCUT2D eigenvalue weighted by Crippen LogP contribution is -2.19. The van der Waals surface area contributed by atoms with Crippen molar-refractivity contribution in [3.8, 4) is 11.5 Å². The third kappa shape index (κ3) is 3.52. The van der Waals surface area contributed by atoms with E-state index in [2.05, 4.69) is 0 Å². The number of benzene rings is 2. The molecule has 0 aromatic heterocycles. The van der Waals surface area contributed by atoms with Crippen LogP contribution >= 0.6 is 8.46 Å². The molecule has 0 bridgehead atoms. The minimum atomic E-state index is -0.674. The van der Waals surface area contributed by atoms with Gasteiger partial charge in [-0.25, -0.2) is 0 Å². The first-order valence-corrected chi connectivity index (χ1v) is 7.71. The zero-order valence-corrected chi connectivity index (χ0v) is 13.4. The summed E-state index contributed by atoms with van der Waals surface area (Å²) in [5.74, 6) is 0.590. The predicted molar refractivity (Wildman–Crippen MR) is 85.4 cm³/mol. The van der Waals surface area contributed by atoms with Crippen LogP contribution in [0.25, 0.3) is 0 Å². The lowest BCUT2D eigenvalue weighted by molar-refractivity contribution is 0.0981. The van der Waals surface area contributed by atoms with Crippen molar-refractivity contribution in [3.05, 3.63) is 59.7 Å². The van der Waals surface area contributed by atoms with E-state index in [-0.39, 0.29) is 14.2 Å². The summed E-state index contributed by atoms with van der Waals surface area (Å²) >= 11 is 0.